The summed E-state index contributed by atoms with van der Waals surface area (Å²) in [7, 11) is -3.49. The highest BCUT2D eigenvalue weighted by atomic mass is 32.2. The highest BCUT2D eigenvalue weighted by Crippen LogP contribution is 2.38. The molecule has 0 aromatic heterocycles. The molecule has 0 spiro atoms. The molecule has 2 fully saturated rings. The van der Waals surface area contributed by atoms with E-state index in [2.05, 4.69) is 5.32 Å². The van der Waals surface area contributed by atoms with E-state index in [9.17, 15) is 18.0 Å². The lowest BCUT2D eigenvalue weighted by atomic mass is 9.93. The van der Waals surface area contributed by atoms with Gasteiger partial charge in [-0.2, -0.15) is 4.31 Å². The van der Waals surface area contributed by atoms with Crippen molar-refractivity contribution in [1.29, 1.82) is 0 Å². The van der Waals surface area contributed by atoms with Gasteiger partial charge in [-0.3, -0.25) is 9.59 Å². The monoisotopic (exact) mass is 511 g/mol. The summed E-state index contributed by atoms with van der Waals surface area (Å²) in [4.78, 5) is 26.0. The van der Waals surface area contributed by atoms with Crippen LogP contribution in [-0.2, 0) is 14.8 Å². The highest BCUT2D eigenvalue weighted by molar-refractivity contribution is 7.89. The number of likely N-dealkylation sites (tertiary alicyclic amines) is 1. The van der Waals surface area contributed by atoms with Crippen molar-refractivity contribution in [2.75, 3.05) is 26.2 Å². The number of nitrogens with zero attached hydrogens (tertiary/aromatic N) is 2. The number of hydrogen-bond acceptors (Lipinski definition) is 4. The van der Waals surface area contributed by atoms with Crippen molar-refractivity contribution < 1.29 is 18.0 Å². The molecule has 1 N–H and O–H groups in total. The second-order valence-electron chi connectivity index (χ2n) is 10.0. The zero-order chi connectivity index (χ0) is 25.7. The number of carbonyl (C=O) groups excluding carboxylic acids is 2. The first-order valence-electron chi connectivity index (χ1n) is 13.0. The number of sulfonamides is 1. The van der Waals surface area contributed by atoms with E-state index in [1.807, 2.05) is 66.4 Å². The summed E-state index contributed by atoms with van der Waals surface area (Å²) in [5.74, 6) is 0.536. The molecule has 0 saturated carbocycles. The molecule has 0 bridgehead atoms. The van der Waals surface area contributed by atoms with Crippen molar-refractivity contribution in [1.82, 2.24) is 14.5 Å². The average Bonchev–Trinajstić information content (AvgIpc) is 2.88. The summed E-state index contributed by atoms with van der Waals surface area (Å²) in [5.41, 5.74) is 2.36. The maximum Gasteiger partial charge on any atom is 0.253 e. The molecule has 2 atom stereocenters. The van der Waals surface area contributed by atoms with Crippen molar-refractivity contribution >= 4 is 21.8 Å². The minimum atomic E-state index is -3.49. The van der Waals surface area contributed by atoms with Gasteiger partial charge in [-0.15, -0.1) is 0 Å². The molecule has 4 rings (SSSR count). The van der Waals surface area contributed by atoms with E-state index in [-0.39, 0.29) is 17.9 Å². The molecule has 2 unspecified atom stereocenters. The van der Waals surface area contributed by atoms with Crippen molar-refractivity contribution in [3.8, 4) is 0 Å². The third-order valence-corrected chi connectivity index (χ3v) is 9.98. The summed E-state index contributed by atoms with van der Waals surface area (Å²) in [5, 5.41) is 2.33. The third kappa shape index (κ3) is 5.98. The number of piperidine rings is 1. The van der Waals surface area contributed by atoms with E-state index in [1.54, 1.807) is 4.31 Å². The van der Waals surface area contributed by atoms with Crippen LogP contribution in [0.5, 0.6) is 0 Å². The zero-order valence-corrected chi connectivity index (χ0v) is 22.0. The van der Waals surface area contributed by atoms with Crippen LogP contribution in [0.2, 0.25) is 0 Å². The molecule has 2 saturated heterocycles. The van der Waals surface area contributed by atoms with Gasteiger partial charge in [-0.25, -0.2) is 8.42 Å². The lowest BCUT2D eigenvalue weighted by Gasteiger charge is -2.36. The van der Waals surface area contributed by atoms with E-state index in [0.717, 1.165) is 36.8 Å². The molecule has 8 heteroatoms. The van der Waals surface area contributed by atoms with Crippen LogP contribution in [0.4, 0.5) is 0 Å². The molecule has 0 aliphatic carbocycles. The Morgan fingerprint density at radius 3 is 2.28 bits per heavy atom. The first kappa shape index (κ1) is 26.4. The van der Waals surface area contributed by atoms with Gasteiger partial charge in [0.15, 0.2) is 0 Å². The first-order chi connectivity index (χ1) is 17.3. The van der Waals surface area contributed by atoms with Crippen LogP contribution in [0.25, 0.3) is 0 Å². The topological polar surface area (TPSA) is 86.8 Å². The number of rotatable bonds is 7. The Bertz CT molecular complexity index is 1140. The van der Waals surface area contributed by atoms with E-state index in [4.69, 9.17) is 0 Å². The summed E-state index contributed by atoms with van der Waals surface area (Å²) in [6.45, 7) is 6.08. The molecule has 2 heterocycles. The van der Waals surface area contributed by atoms with Gasteiger partial charge in [0.25, 0.3) is 5.91 Å². The number of nitrogens with one attached hydrogen (secondary N) is 1. The van der Waals surface area contributed by atoms with Crippen LogP contribution in [-0.4, -0.2) is 55.6 Å². The first-order valence-corrected chi connectivity index (χ1v) is 14.5. The van der Waals surface area contributed by atoms with Crippen LogP contribution >= 0.6 is 0 Å². The predicted molar refractivity (Wildman–Crippen MR) is 141 cm³/mol. The predicted octanol–water partition coefficient (Wildman–Crippen LogP) is 4.29. The molecule has 2 amide bonds. The van der Waals surface area contributed by atoms with Gasteiger partial charge in [0.2, 0.25) is 15.9 Å². The molecule has 36 heavy (non-hydrogen) atoms. The second-order valence-corrected chi connectivity index (χ2v) is 12.1. The van der Waals surface area contributed by atoms with Crippen molar-refractivity contribution in [2.45, 2.75) is 57.2 Å². The normalized spacial score (nSPS) is 21.6. The number of amides is 2. The standard InChI is InChI=1S/C28H37N3O4S/c1-21(31-18-6-9-27(36(31,34)35)25-7-4-3-5-8-25)24-10-12-26(13-11-24)28(33)30-19-15-23(16-20-30)14-17-29-22(2)32/h3-5,7-8,10-13,21,23,27H,6,9,14-20H2,1-2H3,(H,29,32). The summed E-state index contributed by atoms with van der Waals surface area (Å²) >= 11 is 0. The molecule has 194 valence electrons. The molecule has 2 aromatic carbocycles. The summed E-state index contributed by atoms with van der Waals surface area (Å²) < 4.78 is 28.6. The fourth-order valence-electron chi connectivity index (χ4n) is 5.42. The second kappa shape index (κ2) is 11.6. The largest absolute Gasteiger partial charge is 0.356 e. The van der Waals surface area contributed by atoms with Crippen LogP contribution < -0.4 is 5.32 Å². The molecule has 2 aliphatic rings. The van der Waals surface area contributed by atoms with Gasteiger partial charge < -0.3 is 10.2 Å². The van der Waals surface area contributed by atoms with Gasteiger partial charge in [0, 0.05) is 44.7 Å². The van der Waals surface area contributed by atoms with E-state index < -0.39 is 15.3 Å². The third-order valence-electron chi connectivity index (χ3n) is 7.60. The van der Waals surface area contributed by atoms with Gasteiger partial charge in [-0.05, 0) is 68.2 Å². The van der Waals surface area contributed by atoms with Crippen LogP contribution in [0.3, 0.4) is 0 Å². The number of benzene rings is 2. The van der Waals surface area contributed by atoms with Crippen molar-refractivity contribution in [3.05, 3.63) is 71.3 Å². The van der Waals surface area contributed by atoms with Crippen LogP contribution in [0.1, 0.15) is 78.7 Å². The lowest BCUT2D eigenvalue weighted by molar-refractivity contribution is -0.119. The SMILES string of the molecule is CC(=O)NCCC1CCN(C(=O)c2ccc(C(C)N3CCCC(c4ccccc4)S3(=O)=O)cc2)CC1. The Morgan fingerprint density at radius 2 is 1.64 bits per heavy atom. The van der Waals surface area contributed by atoms with Crippen LogP contribution in [0.15, 0.2) is 54.6 Å². The zero-order valence-electron chi connectivity index (χ0n) is 21.2. The quantitative estimate of drug-likeness (QED) is 0.601. The van der Waals surface area contributed by atoms with Gasteiger partial charge in [0.05, 0.1) is 0 Å². The number of hydrogen-bond donors (Lipinski definition) is 1. The van der Waals surface area contributed by atoms with Crippen molar-refractivity contribution in [2.24, 2.45) is 5.92 Å². The maximum atomic E-state index is 13.5. The van der Waals surface area contributed by atoms with Crippen molar-refractivity contribution in [3.63, 3.8) is 0 Å². The van der Waals surface area contributed by atoms with E-state index >= 15 is 0 Å². The summed E-state index contributed by atoms with van der Waals surface area (Å²) in [6, 6.07) is 16.6. The highest BCUT2D eigenvalue weighted by Gasteiger charge is 2.39. The van der Waals surface area contributed by atoms with Gasteiger partial charge >= 0.3 is 0 Å². The Morgan fingerprint density at radius 1 is 0.972 bits per heavy atom. The van der Waals surface area contributed by atoms with E-state index in [0.29, 0.717) is 44.1 Å². The Labute approximate surface area is 214 Å². The van der Waals surface area contributed by atoms with Gasteiger partial charge in [0.1, 0.15) is 5.25 Å². The Hall–Kier alpha value is -2.71. The Kier molecular flexibility index (Phi) is 8.46. The minimum Gasteiger partial charge on any atom is -0.356 e. The lowest BCUT2D eigenvalue weighted by Crippen LogP contribution is -2.41. The molecule has 2 aromatic rings. The molecule has 0 radical (unpaired) electrons. The number of carbonyl (C=O) groups is 2. The Balaban J connectivity index is 1.37. The fraction of sp³-hybridized carbons (Fsp3) is 0.500. The maximum absolute atomic E-state index is 13.5. The fourth-order valence-corrected chi connectivity index (χ4v) is 7.66. The minimum absolute atomic E-state index is 0.00530. The molecule has 7 nitrogen and oxygen atoms in total. The summed E-state index contributed by atoms with van der Waals surface area (Å²) in [6.07, 6.45) is 4.28. The average molecular weight is 512 g/mol. The molecular formula is C28H37N3O4S. The molecular weight excluding hydrogens is 474 g/mol. The molecule has 2 aliphatic heterocycles. The smallest absolute Gasteiger partial charge is 0.253 e. The van der Waals surface area contributed by atoms with E-state index in [1.165, 1.54) is 6.92 Å². The van der Waals surface area contributed by atoms with Gasteiger partial charge in [-0.1, -0.05) is 42.5 Å². The van der Waals surface area contributed by atoms with Crippen LogP contribution in [0, 0.1) is 5.92 Å².